The third kappa shape index (κ3) is 4.02. The lowest BCUT2D eigenvalue weighted by atomic mass is 10.1. The number of aliphatic carboxylic acids is 1. The van der Waals surface area contributed by atoms with E-state index in [-0.39, 0.29) is 17.9 Å². The molecule has 3 heterocycles. The second-order valence-corrected chi connectivity index (χ2v) is 7.95. The molecule has 1 amide bonds. The number of carbonyl (C=O) groups is 2. The van der Waals surface area contributed by atoms with E-state index in [9.17, 15) is 19.5 Å². The number of likely N-dealkylation sites (tertiary alicyclic amines) is 1. The number of hydrogen-bond acceptors (Lipinski definition) is 6. The van der Waals surface area contributed by atoms with Gasteiger partial charge in [-0.1, -0.05) is 18.2 Å². The molecule has 148 valence electrons. The van der Waals surface area contributed by atoms with Gasteiger partial charge in [0, 0.05) is 23.4 Å². The summed E-state index contributed by atoms with van der Waals surface area (Å²) in [5, 5.41) is 10.4. The number of nitrogens with zero attached hydrogens (tertiary/aromatic N) is 3. The molecule has 0 bridgehead atoms. The van der Waals surface area contributed by atoms with Crippen LogP contribution in [0.15, 0.2) is 47.3 Å². The van der Waals surface area contributed by atoms with Crippen LogP contribution in [-0.4, -0.2) is 44.4 Å². The van der Waals surface area contributed by atoms with Crippen LogP contribution in [0.2, 0.25) is 0 Å². The SMILES string of the molecule is O=C(O)C1CCCN1C(=O)CCc1cccc(-c2nc(=O)c3ccccc3s2)n1. The minimum atomic E-state index is -0.951. The minimum Gasteiger partial charge on any atom is -0.480 e. The van der Waals surface area contributed by atoms with E-state index in [0.29, 0.717) is 47.6 Å². The smallest absolute Gasteiger partial charge is 0.326 e. The molecule has 7 nitrogen and oxygen atoms in total. The van der Waals surface area contributed by atoms with E-state index in [1.807, 2.05) is 30.3 Å². The van der Waals surface area contributed by atoms with E-state index in [1.54, 1.807) is 12.1 Å². The molecule has 29 heavy (non-hydrogen) atoms. The van der Waals surface area contributed by atoms with Crippen molar-refractivity contribution in [2.45, 2.75) is 31.7 Å². The summed E-state index contributed by atoms with van der Waals surface area (Å²) in [4.78, 5) is 46.2. The molecule has 8 heteroatoms. The van der Waals surface area contributed by atoms with Crippen molar-refractivity contribution in [3.63, 3.8) is 0 Å². The number of carboxylic acids is 1. The maximum atomic E-state index is 12.5. The Morgan fingerprint density at radius 3 is 2.79 bits per heavy atom. The van der Waals surface area contributed by atoms with Gasteiger partial charge in [-0.05, 0) is 43.5 Å². The number of fused-ring (bicyclic) bond motifs is 1. The first-order chi connectivity index (χ1) is 14.0. The summed E-state index contributed by atoms with van der Waals surface area (Å²) in [6, 6.07) is 12.0. The standard InChI is InChI=1S/C21H19N3O4S/c25-18(24-12-4-8-16(24)21(27)28)11-10-13-5-3-7-15(22-13)20-23-19(26)14-6-1-2-9-17(14)29-20/h1-3,5-7,9,16H,4,8,10-12H2,(H,27,28). The Morgan fingerprint density at radius 2 is 1.97 bits per heavy atom. The molecule has 1 aliphatic heterocycles. The molecule has 0 spiro atoms. The Bertz CT molecular complexity index is 1140. The van der Waals surface area contributed by atoms with Crippen LogP contribution < -0.4 is 5.56 Å². The van der Waals surface area contributed by atoms with Gasteiger partial charge in [-0.3, -0.25) is 14.6 Å². The van der Waals surface area contributed by atoms with Crippen molar-refractivity contribution in [2.24, 2.45) is 0 Å². The first kappa shape index (κ1) is 19.2. The zero-order valence-electron chi connectivity index (χ0n) is 15.6. The van der Waals surface area contributed by atoms with Crippen molar-refractivity contribution in [2.75, 3.05) is 6.54 Å². The third-order valence-corrected chi connectivity index (χ3v) is 6.08. The molecule has 0 saturated carbocycles. The molecule has 1 fully saturated rings. The molecule has 1 aliphatic rings. The zero-order valence-corrected chi connectivity index (χ0v) is 16.4. The van der Waals surface area contributed by atoms with Crippen molar-refractivity contribution in [3.8, 4) is 10.7 Å². The van der Waals surface area contributed by atoms with Gasteiger partial charge < -0.3 is 10.0 Å². The van der Waals surface area contributed by atoms with Crippen LogP contribution in [0.3, 0.4) is 0 Å². The highest BCUT2D eigenvalue weighted by Crippen LogP contribution is 2.25. The Morgan fingerprint density at radius 1 is 1.14 bits per heavy atom. The average molecular weight is 409 g/mol. The van der Waals surface area contributed by atoms with E-state index in [1.165, 1.54) is 16.2 Å². The quantitative estimate of drug-likeness (QED) is 0.695. The number of hydrogen-bond donors (Lipinski definition) is 1. The average Bonchev–Trinajstić information content (AvgIpc) is 3.23. The van der Waals surface area contributed by atoms with Crippen molar-refractivity contribution < 1.29 is 14.7 Å². The first-order valence-corrected chi connectivity index (χ1v) is 10.2. The number of benzene rings is 1. The largest absolute Gasteiger partial charge is 0.480 e. The molecule has 2 aromatic heterocycles. The fourth-order valence-electron chi connectivity index (χ4n) is 3.56. The maximum Gasteiger partial charge on any atom is 0.326 e. The van der Waals surface area contributed by atoms with Crippen LogP contribution in [0.1, 0.15) is 25.0 Å². The Labute approximate surface area is 170 Å². The van der Waals surface area contributed by atoms with Gasteiger partial charge in [-0.15, -0.1) is 11.3 Å². The van der Waals surface area contributed by atoms with E-state index >= 15 is 0 Å². The molecule has 1 N–H and O–H groups in total. The minimum absolute atomic E-state index is 0.171. The second-order valence-electron chi connectivity index (χ2n) is 6.92. The lowest BCUT2D eigenvalue weighted by Gasteiger charge is -2.21. The predicted molar refractivity (Wildman–Crippen MR) is 110 cm³/mol. The predicted octanol–water partition coefficient (Wildman–Crippen LogP) is 2.73. The van der Waals surface area contributed by atoms with Gasteiger partial charge in [-0.2, -0.15) is 4.98 Å². The highest BCUT2D eigenvalue weighted by atomic mass is 32.1. The van der Waals surface area contributed by atoms with Crippen LogP contribution in [0, 0.1) is 0 Å². The highest BCUT2D eigenvalue weighted by Gasteiger charge is 2.33. The fourth-order valence-corrected chi connectivity index (χ4v) is 4.53. The van der Waals surface area contributed by atoms with Crippen LogP contribution in [0.4, 0.5) is 0 Å². The van der Waals surface area contributed by atoms with E-state index < -0.39 is 12.0 Å². The monoisotopic (exact) mass is 409 g/mol. The Kier molecular flexibility index (Phi) is 5.35. The van der Waals surface area contributed by atoms with Gasteiger partial charge in [0.1, 0.15) is 11.0 Å². The van der Waals surface area contributed by atoms with E-state index in [2.05, 4.69) is 9.97 Å². The second kappa shape index (κ2) is 8.08. The molecular formula is C21H19N3O4S. The summed E-state index contributed by atoms with van der Waals surface area (Å²) in [5.41, 5.74) is 1.01. The third-order valence-electron chi connectivity index (χ3n) is 5.01. The zero-order chi connectivity index (χ0) is 20.4. The number of carboxylic acid groups (broad SMARTS) is 1. The molecule has 0 aliphatic carbocycles. The van der Waals surface area contributed by atoms with Gasteiger partial charge in [0.25, 0.3) is 5.56 Å². The molecular weight excluding hydrogens is 390 g/mol. The van der Waals surface area contributed by atoms with Gasteiger partial charge >= 0.3 is 5.97 Å². The Hall–Kier alpha value is -3.13. The number of aromatic nitrogens is 2. The summed E-state index contributed by atoms with van der Waals surface area (Å²) < 4.78 is 0.846. The Balaban J connectivity index is 1.52. The molecule has 4 rings (SSSR count). The van der Waals surface area contributed by atoms with Crippen molar-refractivity contribution >= 4 is 33.3 Å². The van der Waals surface area contributed by atoms with Crippen molar-refractivity contribution in [1.82, 2.24) is 14.9 Å². The number of rotatable bonds is 5. The lowest BCUT2D eigenvalue weighted by Crippen LogP contribution is -2.40. The van der Waals surface area contributed by atoms with Crippen LogP contribution in [0.25, 0.3) is 20.8 Å². The van der Waals surface area contributed by atoms with E-state index in [4.69, 9.17) is 0 Å². The maximum absolute atomic E-state index is 12.5. The number of pyridine rings is 1. The van der Waals surface area contributed by atoms with Gasteiger partial charge in [-0.25, -0.2) is 4.79 Å². The first-order valence-electron chi connectivity index (χ1n) is 9.41. The normalized spacial score (nSPS) is 16.3. The topological polar surface area (TPSA) is 100 Å². The summed E-state index contributed by atoms with van der Waals surface area (Å²) >= 11 is 1.40. The highest BCUT2D eigenvalue weighted by molar-refractivity contribution is 7.21. The van der Waals surface area contributed by atoms with Crippen molar-refractivity contribution in [1.29, 1.82) is 0 Å². The fraction of sp³-hybridized carbons (Fsp3) is 0.286. The van der Waals surface area contributed by atoms with Crippen LogP contribution in [0.5, 0.6) is 0 Å². The molecule has 1 unspecified atom stereocenters. The number of amides is 1. The summed E-state index contributed by atoms with van der Waals surface area (Å²) in [5.74, 6) is -1.12. The number of carbonyl (C=O) groups excluding carboxylic acids is 1. The molecule has 1 saturated heterocycles. The summed E-state index contributed by atoms with van der Waals surface area (Å²) in [6.45, 7) is 0.484. The molecule has 1 aromatic carbocycles. The molecule has 3 aromatic rings. The van der Waals surface area contributed by atoms with Crippen LogP contribution in [-0.2, 0) is 16.0 Å². The van der Waals surface area contributed by atoms with Crippen LogP contribution >= 0.6 is 11.3 Å². The van der Waals surface area contributed by atoms with E-state index in [0.717, 1.165) is 4.70 Å². The number of aryl methyl sites for hydroxylation is 1. The lowest BCUT2D eigenvalue weighted by molar-refractivity contribution is -0.148. The van der Waals surface area contributed by atoms with Gasteiger partial charge in [0.15, 0.2) is 0 Å². The van der Waals surface area contributed by atoms with Gasteiger partial charge in [0.2, 0.25) is 5.91 Å². The summed E-state index contributed by atoms with van der Waals surface area (Å²) in [6.07, 6.45) is 1.81. The van der Waals surface area contributed by atoms with Gasteiger partial charge in [0.05, 0.1) is 11.1 Å². The summed E-state index contributed by atoms with van der Waals surface area (Å²) in [7, 11) is 0. The molecule has 0 radical (unpaired) electrons. The molecule has 1 atom stereocenters. The van der Waals surface area contributed by atoms with Crippen molar-refractivity contribution in [3.05, 3.63) is 58.5 Å².